The predicted molar refractivity (Wildman–Crippen MR) is 86.1 cm³/mol. The largest absolute Gasteiger partial charge is 0.383 e. The number of rotatable bonds is 5. The summed E-state index contributed by atoms with van der Waals surface area (Å²) in [5.74, 6) is -0.0934. The van der Waals surface area contributed by atoms with E-state index in [9.17, 15) is 4.79 Å². The highest BCUT2D eigenvalue weighted by Crippen LogP contribution is 2.10. The van der Waals surface area contributed by atoms with Crippen molar-refractivity contribution in [2.24, 2.45) is 0 Å². The lowest BCUT2D eigenvalue weighted by Gasteiger charge is -2.08. The molecule has 0 saturated heterocycles. The lowest BCUT2D eigenvalue weighted by atomic mass is 10.2. The number of nitrogens with zero attached hydrogens (tertiary/aromatic N) is 1. The Morgan fingerprint density at radius 3 is 2.33 bits per heavy atom. The van der Waals surface area contributed by atoms with Gasteiger partial charge in [0.15, 0.2) is 0 Å². The van der Waals surface area contributed by atoms with Gasteiger partial charge in [0.05, 0.1) is 11.6 Å². The monoisotopic (exact) mass is 343 g/mol. The summed E-state index contributed by atoms with van der Waals surface area (Å²) < 4.78 is 0.946. The second-order valence-corrected chi connectivity index (χ2v) is 5.29. The molecular formula is C16H14BrN3O. The maximum Gasteiger partial charge on any atom is 0.251 e. The summed E-state index contributed by atoms with van der Waals surface area (Å²) in [7, 11) is 0. The van der Waals surface area contributed by atoms with Crippen molar-refractivity contribution in [2.75, 3.05) is 18.4 Å². The van der Waals surface area contributed by atoms with Gasteiger partial charge in [-0.2, -0.15) is 5.26 Å². The molecule has 0 saturated carbocycles. The van der Waals surface area contributed by atoms with E-state index < -0.39 is 0 Å². The summed E-state index contributed by atoms with van der Waals surface area (Å²) in [5, 5.41) is 14.7. The molecule has 2 aromatic carbocycles. The lowest BCUT2D eigenvalue weighted by Crippen LogP contribution is -2.28. The fraction of sp³-hybridized carbons (Fsp3) is 0.125. The van der Waals surface area contributed by atoms with Crippen molar-refractivity contribution in [1.82, 2.24) is 5.32 Å². The number of hydrogen-bond acceptors (Lipinski definition) is 3. The summed E-state index contributed by atoms with van der Waals surface area (Å²) in [6.45, 7) is 1.14. The number of amides is 1. The Labute approximate surface area is 131 Å². The molecule has 0 atom stereocenters. The van der Waals surface area contributed by atoms with E-state index in [1.54, 1.807) is 24.3 Å². The number of halogens is 1. The van der Waals surface area contributed by atoms with Crippen LogP contribution >= 0.6 is 15.9 Å². The van der Waals surface area contributed by atoms with Crippen LogP contribution in [-0.4, -0.2) is 19.0 Å². The summed E-state index contributed by atoms with van der Waals surface area (Å²) in [6.07, 6.45) is 0. The maximum atomic E-state index is 11.9. The first kappa shape index (κ1) is 15.1. The number of carbonyl (C=O) groups excluding carboxylic acids is 1. The fourth-order valence-corrected chi connectivity index (χ4v) is 2.01. The SMILES string of the molecule is N#Cc1ccc(NCCNC(=O)c2ccc(Br)cc2)cc1. The lowest BCUT2D eigenvalue weighted by molar-refractivity contribution is 0.0955. The van der Waals surface area contributed by atoms with Crippen LogP contribution in [0.1, 0.15) is 15.9 Å². The highest BCUT2D eigenvalue weighted by Gasteiger charge is 2.03. The smallest absolute Gasteiger partial charge is 0.251 e. The van der Waals surface area contributed by atoms with E-state index in [1.807, 2.05) is 24.3 Å². The number of anilines is 1. The molecule has 0 unspecified atom stereocenters. The van der Waals surface area contributed by atoms with E-state index in [0.29, 0.717) is 24.2 Å². The van der Waals surface area contributed by atoms with E-state index in [-0.39, 0.29) is 5.91 Å². The normalized spacial score (nSPS) is 9.71. The molecule has 4 nitrogen and oxygen atoms in total. The first-order valence-corrected chi connectivity index (χ1v) is 7.26. The number of benzene rings is 2. The molecule has 0 aromatic heterocycles. The van der Waals surface area contributed by atoms with Crippen molar-refractivity contribution in [3.8, 4) is 6.07 Å². The second kappa shape index (κ2) is 7.46. The molecule has 0 bridgehead atoms. The van der Waals surface area contributed by atoms with E-state index in [4.69, 9.17) is 5.26 Å². The fourth-order valence-electron chi connectivity index (χ4n) is 1.75. The molecule has 2 aromatic rings. The predicted octanol–water partition coefficient (Wildman–Crippen LogP) is 3.16. The molecule has 0 spiro atoms. The minimum Gasteiger partial charge on any atom is -0.383 e. The average Bonchev–Trinajstić information content (AvgIpc) is 2.52. The Kier molecular flexibility index (Phi) is 5.35. The van der Waals surface area contributed by atoms with Gasteiger partial charge in [0.25, 0.3) is 5.91 Å². The van der Waals surface area contributed by atoms with E-state index in [1.165, 1.54) is 0 Å². The average molecular weight is 344 g/mol. The number of nitrogens with one attached hydrogen (secondary N) is 2. The Morgan fingerprint density at radius 2 is 1.71 bits per heavy atom. The minimum absolute atomic E-state index is 0.0934. The molecule has 106 valence electrons. The van der Waals surface area contributed by atoms with Crippen LogP contribution < -0.4 is 10.6 Å². The highest BCUT2D eigenvalue weighted by molar-refractivity contribution is 9.10. The Bertz CT molecular complexity index is 645. The third kappa shape index (κ3) is 4.62. The maximum absolute atomic E-state index is 11.9. The number of carbonyl (C=O) groups is 1. The first-order chi connectivity index (χ1) is 10.2. The van der Waals surface area contributed by atoms with Crippen molar-refractivity contribution in [2.45, 2.75) is 0 Å². The minimum atomic E-state index is -0.0934. The van der Waals surface area contributed by atoms with Crippen LogP contribution in [0.3, 0.4) is 0 Å². The molecule has 0 aliphatic carbocycles. The van der Waals surface area contributed by atoms with Gasteiger partial charge in [-0.25, -0.2) is 0 Å². The van der Waals surface area contributed by atoms with Crippen LogP contribution in [0, 0.1) is 11.3 Å². The number of nitriles is 1. The molecular weight excluding hydrogens is 330 g/mol. The molecule has 0 aliphatic heterocycles. The van der Waals surface area contributed by atoms with Gasteiger partial charge in [-0.05, 0) is 48.5 Å². The topological polar surface area (TPSA) is 64.9 Å². The van der Waals surface area contributed by atoms with Crippen molar-refractivity contribution in [3.63, 3.8) is 0 Å². The molecule has 0 aliphatic rings. The van der Waals surface area contributed by atoms with Gasteiger partial charge < -0.3 is 10.6 Å². The molecule has 0 heterocycles. The Hall–Kier alpha value is -2.32. The standard InChI is InChI=1S/C16H14BrN3O/c17-14-5-3-13(4-6-14)16(21)20-10-9-19-15-7-1-12(11-18)2-8-15/h1-8,19H,9-10H2,(H,20,21). The van der Waals surface area contributed by atoms with Gasteiger partial charge >= 0.3 is 0 Å². The van der Waals surface area contributed by atoms with E-state index in [2.05, 4.69) is 32.6 Å². The molecule has 1 amide bonds. The number of hydrogen-bond donors (Lipinski definition) is 2. The molecule has 2 N–H and O–H groups in total. The summed E-state index contributed by atoms with van der Waals surface area (Å²) in [4.78, 5) is 11.9. The van der Waals surface area contributed by atoms with Gasteiger partial charge in [0.2, 0.25) is 0 Å². The van der Waals surface area contributed by atoms with Crippen molar-refractivity contribution >= 4 is 27.5 Å². The molecule has 21 heavy (non-hydrogen) atoms. The van der Waals surface area contributed by atoms with Gasteiger partial charge in [0, 0.05) is 28.8 Å². The summed E-state index contributed by atoms with van der Waals surface area (Å²) >= 11 is 3.33. The Morgan fingerprint density at radius 1 is 1.05 bits per heavy atom. The van der Waals surface area contributed by atoms with E-state index in [0.717, 1.165) is 10.2 Å². The van der Waals surface area contributed by atoms with Gasteiger partial charge in [0.1, 0.15) is 0 Å². The van der Waals surface area contributed by atoms with Crippen molar-refractivity contribution < 1.29 is 4.79 Å². The van der Waals surface area contributed by atoms with Crippen LogP contribution in [0.4, 0.5) is 5.69 Å². The Balaban J connectivity index is 1.75. The second-order valence-electron chi connectivity index (χ2n) is 4.38. The van der Waals surface area contributed by atoms with Crippen molar-refractivity contribution in [3.05, 3.63) is 64.1 Å². The van der Waals surface area contributed by atoms with Crippen LogP contribution in [-0.2, 0) is 0 Å². The quantitative estimate of drug-likeness (QED) is 0.819. The zero-order chi connectivity index (χ0) is 15.1. The van der Waals surface area contributed by atoms with Gasteiger partial charge in [-0.1, -0.05) is 15.9 Å². The van der Waals surface area contributed by atoms with Gasteiger partial charge in [-0.3, -0.25) is 4.79 Å². The van der Waals surface area contributed by atoms with E-state index >= 15 is 0 Å². The molecule has 5 heteroatoms. The molecule has 0 radical (unpaired) electrons. The zero-order valence-electron chi connectivity index (χ0n) is 11.3. The summed E-state index contributed by atoms with van der Waals surface area (Å²) in [6, 6.07) is 16.5. The van der Waals surface area contributed by atoms with Crippen LogP contribution in [0.25, 0.3) is 0 Å². The third-order valence-electron chi connectivity index (χ3n) is 2.86. The van der Waals surface area contributed by atoms with Gasteiger partial charge in [-0.15, -0.1) is 0 Å². The molecule has 2 rings (SSSR count). The van der Waals surface area contributed by atoms with Crippen LogP contribution in [0.15, 0.2) is 53.0 Å². The third-order valence-corrected chi connectivity index (χ3v) is 3.39. The van der Waals surface area contributed by atoms with Crippen LogP contribution in [0.5, 0.6) is 0 Å². The first-order valence-electron chi connectivity index (χ1n) is 6.47. The van der Waals surface area contributed by atoms with Crippen molar-refractivity contribution in [1.29, 1.82) is 5.26 Å². The summed E-state index contributed by atoms with van der Waals surface area (Å²) in [5.41, 5.74) is 2.19. The zero-order valence-corrected chi connectivity index (χ0v) is 12.9. The van der Waals surface area contributed by atoms with Crippen LogP contribution in [0.2, 0.25) is 0 Å². The molecule has 0 fully saturated rings. The highest BCUT2D eigenvalue weighted by atomic mass is 79.9.